The first-order chi connectivity index (χ1) is 16.6. The number of fused-ring (bicyclic) bond motifs is 2. The first-order valence-electron chi connectivity index (χ1n) is 10.3. The second-order valence-corrected chi connectivity index (χ2v) is 9.24. The van der Waals surface area contributed by atoms with Gasteiger partial charge in [0.05, 0.1) is 16.2 Å². The van der Waals surface area contributed by atoms with Crippen molar-refractivity contribution in [1.29, 1.82) is 0 Å². The van der Waals surface area contributed by atoms with Gasteiger partial charge >= 0.3 is 0 Å². The minimum absolute atomic E-state index is 0.0932. The molecule has 1 aromatic heterocycles. The number of amides is 3. The molecular weight excluding hydrogens is 476 g/mol. The van der Waals surface area contributed by atoms with Gasteiger partial charge in [0.25, 0.3) is 11.1 Å². The minimum atomic E-state index is -0.385. The van der Waals surface area contributed by atoms with Gasteiger partial charge in [0.15, 0.2) is 11.5 Å². The zero-order chi connectivity index (χ0) is 23.5. The minimum Gasteiger partial charge on any atom is -0.454 e. The largest absolute Gasteiger partial charge is 0.454 e. The van der Waals surface area contributed by atoms with Gasteiger partial charge in [0.2, 0.25) is 12.7 Å². The van der Waals surface area contributed by atoms with E-state index in [4.69, 9.17) is 9.47 Å². The van der Waals surface area contributed by atoms with E-state index in [1.807, 2.05) is 24.3 Å². The van der Waals surface area contributed by atoms with E-state index >= 15 is 0 Å². The zero-order valence-corrected chi connectivity index (χ0v) is 19.4. The third-order valence-electron chi connectivity index (χ3n) is 5.07. The van der Waals surface area contributed by atoms with Gasteiger partial charge in [-0.25, -0.2) is 9.97 Å². The van der Waals surface area contributed by atoms with Crippen molar-refractivity contribution in [1.82, 2.24) is 20.2 Å². The number of benzene rings is 2. The van der Waals surface area contributed by atoms with E-state index < -0.39 is 0 Å². The lowest BCUT2D eigenvalue weighted by Crippen LogP contribution is -2.37. The van der Waals surface area contributed by atoms with Crippen molar-refractivity contribution in [3.8, 4) is 11.5 Å². The Balaban J connectivity index is 1.13. The highest BCUT2D eigenvalue weighted by Gasteiger charge is 2.34. The first-order valence-corrected chi connectivity index (χ1v) is 12.1. The van der Waals surface area contributed by atoms with Crippen LogP contribution in [0.15, 0.2) is 58.7 Å². The SMILES string of the molecule is O=C(CSc1ncnc2ccccc12)NCCN1C(=O)SC(=Cc2ccc3c(c2)OCO3)C1=O. The molecule has 11 heteroatoms. The molecule has 0 bridgehead atoms. The van der Waals surface area contributed by atoms with E-state index in [0.29, 0.717) is 16.4 Å². The maximum Gasteiger partial charge on any atom is 0.293 e. The molecule has 9 nitrogen and oxygen atoms in total. The number of hydrogen-bond acceptors (Lipinski definition) is 9. The van der Waals surface area contributed by atoms with Crippen LogP contribution in [0, 0.1) is 0 Å². The molecule has 2 aromatic carbocycles. The molecule has 5 rings (SSSR count). The molecule has 172 valence electrons. The molecule has 0 saturated carbocycles. The van der Waals surface area contributed by atoms with Gasteiger partial charge in [0, 0.05) is 18.5 Å². The number of ether oxygens (including phenoxy) is 2. The number of carbonyl (C=O) groups excluding carboxylic acids is 3. The van der Waals surface area contributed by atoms with Crippen molar-refractivity contribution in [3.05, 3.63) is 59.3 Å². The summed E-state index contributed by atoms with van der Waals surface area (Å²) in [5.41, 5.74) is 1.55. The van der Waals surface area contributed by atoms with Crippen LogP contribution in [0.1, 0.15) is 5.56 Å². The first kappa shape index (κ1) is 22.2. The second kappa shape index (κ2) is 9.74. The van der Waals surface area contributed by atoms with Gasteiger partial charge in [-0.05, 0) is 41.6 Å². The molecule has 0 radical (unpaired) electrons. The van der Waals surface area contributed by atoms with Crippen molar-refractivity contribution < 1.29 is 23.9 Å². The molecule has 0 atom stereocenters. The van der Waals surface area contributed by atoms with Crippen LogP contribution in [0.25, 0.3) is 17.0 Å². The molecule has 1 saturated heterocycles. The summed E-state index contributed by atoms with van der Waals surface area (Å²) in [6, 6.07) is 12.9. The normalized spacial score (nSPS) is 16.0. The monoisotopic (exact) mass is 494 g/mol. The highest BCUT2D eigenvalue weighted by atomic mass is 32.2. The molecule has 1 fully saturated rings. The topological polar surface area (TPSA) is 111 Å². The summed E-state index contributed by atoms with van der Waals surface area (Å²) in [7, 11) is 0. The highest BCUT2D eigenvalue weighted by molar-refractivity contribution is 8.18. The Morgan fingerprint density at radius 1 is 1.15 bits per heavy atom. The Hall–Kier alpha value is -3.57. The molecule has 2 aliphatic rings. The van der Waals surface area contributed by atoms with E-state index in [1.54, 1.807) is 24.3 Å². The molecule has 0 aliphatic carbocycles. The highest BCUT2D eigenvalue weighted by Crippen LogP contribution is 2.36. The number of nitrogens with zero attached hydrogens (tertiary/aromatic N) is 3. The summed E-state index contributed by atoms with van der Waals surface area (Å²) < 4.78 is 10.6. The third-order valence-corrected chi connectivity index (χ3v) is 6.98. The lowest BCUT2D eigenvalue weighted by molar-refractivity contribution is -0.123. The number of imide groups is 1. The summed E-state index contributed by atoms with van der Waals surface area (Å²) in [5, 5.41) is 3.99. The number of hydrogen-bond donors (Lipinski definition) is 1. The third kappa shape index (κ3) is 4.70. The molecule has 0 unspecified atom stereocenters. The number of nitrogens with one attached hydrogen (secondary N) is 1. The van der Waals surface area contributed by atoms with Gasteiger partial charge in [-0.3, -0.25) is 19.3 Å². The number of para-hydroxylation sites is 1. The molecule has 2 aliphatic heterocycles. The van der Waals surface area contributed by atoms with E-state index in [9.17, 15) is 14.4 Å². The molecule has 3 amide bonds. The summed E-state index contributed by atoms with van der Waals surface area (Å²) in [6.45, 7) is 0.421. The number of aromatic nitrogens is 2. The second-order valence-electron chi connectivity index (χ2n) is 7.28. The van der Waals surface area contributed by atoms with Crippen LogP contribution < -0.4 is 14.8 Å². The smallest absolute Gasteiger partial charge is 0.293 e. The van der Waals surface area contributed by atoms with Crippen LogP contribution in [0.4, 0.5) is 4.79 Å². The summed E-state index contributed by atoms with van der Waals surface area (Å²) >= 11 is 2.18. The van der Waals surface area contributed by atoms with Crippen LogP contribution in [0.5, 0.6) is 11.5 Å². The standard InChI is InChI=1S/C23H18N4O5S2/c28-20(11-33-21-15-3-1-2-4-16(15)25-12-26-21)24-7-8-27-22(29)19(34-23(27)30)10-14-5-6-17-18(9-14)32-13-31-17/h1-6,9-10,12H,7-8,11,13H2,(H,24,28). The molecule has 34 heavy (non-hydrogen) atoms. The summed E-state index contributed by atoms with van der Waals surface area (Å²) in [6.07, 6.45) is 3.12. The quantitative estimate of drug-likeness (QED) is 0.300. The van der Waals surface area contributed by atoms with Gasteiger partial charge in [-0.15, -0.1) is 0 Å². The molecule has 1 N–H and O–H groups in total. The lowest BCUT2D eigenvalue weighted by atomic mass is 10.2. The summed E-state index contributed by atoms with van der Waals surface area (Å²) in [4.78, 5) is 47.2. The van der Waals surface area contributed by atoms with Gasteiger partial charge in [-0.1, -0.05) is 36.0 Å². The average molecular weight is 495 g/mol. The van der Waals surface area contributed by atoms with Crippen LogP contribution in [0.3, 0.4) is 0 Å². The number of thioether (sulfide) groups is 2. The number of carbonyl (C=O) groups is 3. The Kier molecular flexibility index (Phi) is 6.37. The molecule has 3 heterocycles. The summed E-state index contributed by atoms with van der Waals surface area (Å²) in [5.74, 6) is 0.808. The van der Waals surface area contributed by atoms with E-state index in [2.05, 4.69) is 15.3 Å². The van der Waals surface area contributed by atoms with Crippen molar-refractivity contribution >= 4 is 57.6 Å². The van der Waals surface area contributed by atoms with Gasteiger partial charge < -0.3 is 14.8 Å². The fourth-order valence-corrected chi connectivity index (χ4v) is 5.12. The fraction of sp³-hybridized carbons (Fsp3) is 0.174. The van der Waals surface area contributed by atoms with Gasteiger partial charge in [-0.2, -0.15) is 0 Å². The predicted octanol–water partition coefficient (Wildman–Crippen LogP) is 3.30. The van der Waals surface area contributed by atoms with Crippen molar-refractivity contribution in [2.75, 3.05) is 25.6 Å². The fourth-order valence-electron chi connectivity index (χ4n) is 3.43. The van der Waals surface area contributed by atoms with E-state index in [1.165, 1.54) is 18.1 Å². The Bertz CT molecular complexity index is 1320. The molecule has 0 spiro atoms. The van der Waals surface area contributed by atoms with Crippen molar-refractivity contribution in [3.63, 3.8) is 0 Å². The van der Waals surface area contributed by atoms with Crippen molar-refractivity contribution in [2.24, 2.45) is 0 Å². The van der Waals surface area contributed by atoms with Crippen molar-refractivity contribution in [2.45, 2.75) is 5.03 Å². The van der Waals surface area contributed by atoms with Gasteiger partial charge in [0.1, 0.15) is 11.4 Å². The average Bonchev–Trinajstić information content (AvgIpc) is 3.42. The number of rotatable bonds is 7. The van der Waals surface area contributed by atoms with Crippen LogP contribution in [-0.4, -0.2) is 57.6 Å². The van der Waals surface area contributed by atoms with Crippen LogP contribution in [0.2, 0.25) is 0 Å². The Morgan fingerprint density at radius 3 is 2.91 bits per heavy atom. The maximum absolute atomic E-state index is 12.7. The van der Waals surface area contributed by atoms with E-state index in [-0.39, 0.29) is 42.7 Å². The molecule has 3 aromatic rings. The van der Waals surface area contributed by atoms with Crippen LogP contribution in [-0.2, 0) is 9.59 Å². The Labute approximate surface area is 202 Å². The lowest BCUT2D eigenvalue weighted by Gasteiger charge is -2.13. The van der Waals surface area contributed by atoms with E-state index in [0.717, 1.165) is 38.2 Å². The van der Waals surface area contributed by atoms with Crippen LogP contribution >= 0.6 is 23.5 Å². The molecular formula is C23H18N4O5S2. The predicted molar refractivity (Wildman–Crippen MR) is 129 cm³/mol. The Morgan fingerprint density at radius 2 is 2.00 bits per heavy atom. The maximum atomic E-state index is 12.7. The zero-order valence-electron chi connectivity index (χ0n) is 17.7.